The zero-order chi connectivity index (χ0) is 13.0. The van der Waals surface area contributed by atoms with Gasteiger partial charge < -0.3 is 10.8 Å². The highest BCUT2D eigenvalue weighted by Crippen LogP contribution is 2.30. The molecule has 2 rings (SSSR count). The number of para-hydroxylation sites is 1. The Morgan fingerprint density at radius 2 is 1.78 bits per heavy atom. The summed E-state index contributed by atoms with van der Waals surface area (Å²) < 4.78 is 0. The molecular formula is C14H13NO2S. The second kappa shape index (κ2) is 5.60. The minimum absolute atomic E-state index is 0.288. The standard InChI is InChI=1S/C14H13NO2S/c15-14(17)11-7-5-10(6-8-11)9-18-13-4-2-1-3-12(13)16/h1-8,16H,9H2,(H2,15,17). The fraction of sp³-hybridized carbons (Fsp3) is 0.0714. The predicted octanol–water partition coefficient (Wildman–Crippen LogP) is 2.78. The highest BCUT2D eigenvalue weighted by molar-refractivity contribution is 7.98. The summed E-state index contributed by atoms with van der Waals surface area (Å²) in [5, 5.41) is 9.62. The number of hydrogen-bond acceptors (Lipinski definition) is 3. The average Bonchev–Trinajstić information content (AvgIpc) is 2.38. The van der Waals surface area contributed by atoms with Crippen molar-refractivity contribution in [3.05, 3.63) is 59.7 Å². The molecule has 0 spiro atoms. The number of aromatic hydroxyl groups is 1. The third-order valence-corrected chi connectivity index (χ3v) is 3.63. The van der Waals surface area contributed by atoms with Crippen LogP contribution in [-0.2, 0) is 5.75 Å². The van der Waals surface area contributed by atoms with E-state index in [-0.39, 0.29) is 5.75 Å². The van der Waals surface area contributed by atoms with E-state index in [1.807, 2.05) is 24.3 Å². The second-order valence-electron chi connectivity index (χ2n) is 3.82. The lowest BCUT2D eigenvalue weighted by Crippen LogP contribution is -2.10. The largest absolute Gasteiger partial charge is 0.507 e. The summed E-state index contributed by atoms with van der Waals surface area (Å²) in [7, 11) is 0. The number of nitrogens with two attached hydrogens (primary N) is 1. The SMILES string of the molecule is NC(=O)c1ccc(CSc2ccccc2O)cc1. The first kappa shape index (κ1) is 12.5. The minimum Gasteiger partial charge on any atom is -0.507 e. The van der Waals surface area contributed by atoms with Crippen LogP contribution in [-0.4, -0.2) is 11.0 Å². The van der Waals surface area contributed by atoms with Gasteiger partial charge in [-0.1, -0.05) is 24.3 Å². The molecule has 3 nitrogen and oxygen atoms in total. The van der Waals surface area contributed by atoms with Gasteiger partial charge in [-0.3, -0.25) is 4.79 Å². The van der Waals surface area contributed by atoms with Crippen LogP contribution in [0.25, 0.3) is 0 Å². The Kier molecular flexibility index (Phi) is 3.89. The van der Waals surface area contributed by atoms with E-state index in [0.717, 1.165) is 16.2 Å². The fourth-order valence-corrected chi connectivity index (χ4v) is 2.41. The molecule has 0 unspecified atom stereocenters. The number of phenols is 1. The van der Waals surface area contributed by atoms with Gasteiger partial charge in [0.25, 0.3) is 0 Å². The number of primary amides is 1. The maximum atomic E-state index is 10.9. The second-order valence-corrected chi connectivity index (χ2v) is 4.83. The van der Waals surface area contributed by atoms with Crippen LogP contribution in [0.1, 0.15) is 15.9 Å². The lowest BCUT2D eigenvalue weighted by Gasteiger charge is -2.04. The van der Waals surface area contributed by atoms with Gasteiger partial charge in [0.15, 0.2) is 0 Å². The Labute approximate surface area is 110 Å². The van der Waals surface area contributed by atoms with Crippen LogP contribution in [0.2, 0.25) is 0 Å². The first-order valence-electron chi connectivity index (χ1n) is 5.46. The first-order chi connectivity index (χ1) is 8.66. The lowest BCUT2D eigenvalue weighted by atomic mass is 10.1. The molecule has 2 aromatic rings. The number of thioether (sulfide) groups is 1. The van der Waals surface area contributed by atoms with Crippen molar-refractivity contribution in [1.29, 1.82) is 0 Å². The summed E-state index contributed by atoms with van der Waals surface area (Å²) in [5.41, 5.74) is 6.75. The van der Waals surface area contributed by atoms with E-state index in [1.165, 1.54) is 0 Å². The third-order valence-electron chi connectivity index (χ3n) is 2.50. The molecule has 1 amide bonds. The summed E-state index contributed by atoms with van der Waals surface area (Å²) in [4.78, 5) is 11.8. The number of phenolic OH excluding ortho intramolecular Hbond substituents is 1. The van der Waals surface area contributed by atoms with Crippen LogP contribution in [0, 0.1) is 0 Å². The number of hydrogen-bond donors (Lipinski definition) is 2. The summed E-state index contributed by atoms with van der Waals surface area (Å²) in [5.74, 6) is 0.600. The summed E-state index contributed by atoms with van der Waals surface area (Å²) >= 11 is 1.55. The molecule has 18 heavy (non-hydrogen) atoms. The molecule has 92 valence electrons. The van der Waals surface area contributed by atoms with Crippen LogP contribution in [0.3, 0.4) is 0 Å². The van der Waals surface area contributed by atoms with Gasteiger partial charge in [-0.15, -0.1) is 11.8 Å². The highest BCUT2D eigenvalue weighted by Gasteiger charge is 2.03. The van der Waals surface area contributed by atoms with E-state index in [9.17, 15) is 9.90 Å². The van der Waals surface area contributed by atoms with E-state index in [1.54, 1.807) is 36.0 Å². The molecular weight excluding hydrogens is 246 g/mol. The van der Waals surface area contributed by atoms with Crippen LogP contribution >= 0.6 is 11.8 Å². The van der Waals surface area contributed by atoms with E-state index >= 15 is 0 Å². The number of rotatable bonds is 4. The van der Waals surface area contributed by atoms with Crippen molar-refractivity contribution in [3.63, 3.8) is 0 Å². The predicted molar refractivity (Wildman–Crippen MR) is 72.6 cm³/mol. The molecule has 0 saturated heterocycles. The Balaban J connectivity index is 2.02. The van der Waals surface area contributed by atoms with Gasteiger partial charge in [-0.2, -0.15) is 0 Å². The molecule has 0 heterocycles. The van der Waals surface area contributed by atoms with Gasteiger partial charge in [0.1, 0.15) is 5.75 Å². The molecule has 0 aromatic heterocycles. The van der Waals surface area contributed by atoms with E-state index in [0.29, 0.717) is 5.56 Å². The van der Waals surface area contributed by atoms with Crippen molar-refractivity contribution >= 4 is 17.7 Å². The molecule has 3 N–H and O–H groups in total. The normalized spacial score (nSPS) is 10.2. The molecule has 0 bridgehead atoms. The third kappa shape index (κ3) is 3.05. The van der Waals surface area contributed by atoms with Crippen molar-refractivity contribution in [2.75, 3.05) is 0 Å². The van der Waals surface area contributed by atoms with Gasteiger partial charge in [0.2, 0.25) is 5.91 Å². The zero-order valence-corrected chi connectivity index (χ0v) is 10.5. The van der Waals surface area contributed by atoms with Gasteiger partial charge in [0.05, 0.1) is 0 Å². The highest BCUT2D eigenvalue weighted by atomic mass is 32.2. The Morgan fingerprint density at radius 1 is 1.11 bits per heavy atom. The van der Waals surface area contributed by atoms with Crippen LogP contribution in [0.15, 0.2) is 53.4 Å². The van der Waals surface area contributed by atoms with Crippen LogP contribution in [0.5, 0.6) is 5.75 Å². The molecule has 0 aliphatic heterocycles. The maximum Gasteiger partial charge on any atom is 0.248 e. The van der Waals surface area contributed by atoms with Gasteiger partial charge in [-0.25, -0.2) is 0 Å². The van der Waals surface area contributed by atoms with Crippen LogP contribution in [0.4, 0.5) is 0 Å². The average molecular weight is 259 g/mol. The maximum absolute atomic E-state index is 10.9. The Morgan fingerprint density at radius 3 is 2.39 bits per heavy atom. The Bertz CT molecular complexity index is 552. The van der Waals surface area contributed by atoms with E-state index in [2.05, 4.69) is 0 Å². The molecule has 0 aliphatic rings. The molecule has 4 heteroatoms. The van der Waals surface area contributed by atoms with Gasteiger partial charge >= 0.3 is 0 Å². The lowest BCUT2D eigenvalue weighted by molar-refractivity contribution is 0.100. The van der Waals surface area contributed by atoms with Crippen molar-refractivity contribution < 1.29 is 9.90 Å². The monoisotopic (exact) mass is 259 g/mol. The molecule has 2 aromatic carbocycles. The quantitative estimate of drug-likeness (QED) is 0.830. The minimum atomic E-state index is -0.421. The molecule has 0 aliphatic carbocycles. The van der Waals surface area contributed by atoms with Crippen molar-refractivity contribution in [2.45, 2.75) is 10.6 Å². The summed E-state index contributed by atoms with van der Waals surface area (Å²) in [6.45, 7) is 0. The van der Waals surface area contributed by atoms with Crippen molar-refractivity contribution in [3.8, 4) is 5.75 Å². The number of benzene rings is 2. The summed E-state index contributed by atoms with van der Waals surface area (Å²) in [6, 6.07) is 14.4. The zero-order valence-electron chi connectivity index (χ0n) is 9.67. The number of carbonyl (C=O) groups excluding carboxylic acids is 1. The summed E-state index contributed by atoms with van der Waals surface area (Å²) in [6.07, 6.45) is 0. The number of amides is 1. The van der Waals surface area contributed by atoms with Gasteiger partial charge in [0, 0.05) is 16.2 Å². The molecule has 0 saturated carbocycles. The van der Waals surface area contributed by atoms with Crippen LogP contribution < -0.4 is 5.73 Å². The smallest absolute Gasteiger partial charge is 0.248 e. The first-order valence-corrected chi connectivity index (χ1v) is 6.45. The van der Waals surface area contributed by atoms with Gasteiger partial charge in [-0.05, 0) is 29.8 Å². The van der Waals surface area contributed by atoms with E-state index in [4.69, 9.17) is 5.73 Å². The van der Waals surface area contributed by atoms with E-state index < -0.39 is 5.91 Å². The van der Waals surface area contributed by atoms with Crippen molar-refractivity contribution in [2.24, 2.45) is 5.73 Å². The molecule has 0 fully saturated rings. The molecule has 0 atom stereocenters. The topological polar surface area (TPSA) is 63.3 Å². The Hall–Kier alpha value is -1.94. The van der Waals surface area contributed by atoms with Crippen molar-refractivity contribution in [1.82, 2.24) is 0 Å². The fourth-order valence-electron chi connectivity index (χ4n) is 1.51. The number of carbonyl (C=O) groups is 1. The molecule has 0 radical (unpaired) electrons.